The number of primary sulfonamides is 1. The maximum absolute atomic E-state index is 13.1. The lowest BCUT2D eigenvalue weighted by atomic mass is 9.95. The van der Waals surface area contributed by atoms with Gasteiger partial charge >= 0.3 is 0 Å². The first kappa shape index (κ1) is 20.7. The van der Waals surface area contributed by atoms with Crippen molar-refractivity contribution in [2.75, 3.05) is 18.4 Å². The summed E-state index contributed by atoms with van der Waals surface area (Å²) in [5.41, 5.74) is 1.39. The summed E-state index contributed by atoms with van der Waals surface area (Å²) in [5.74, 6) is -0.582. The van der Waals surface area contributed by atoms with E-state index >= 15 is 0 Å². The van der Waals surface area contributed by atoms with Crippen LogP contribution in [-0.4, -0.2) is 32.3 Å². The highest BCUT2D eigenvalue weighted by Crippen LogP contribution is 2.24. The van der Waals surface area contributed by atoms with E-state index in [0.29, 0.717) is 30.1 Å². The lowest BCUT2D eigenvalue weighted by Crippen LogP contribution is -2.37. The van der Waals surface area contributed by atoms with E-state index in [9.17, 15) is 17.6 Å². The summed E-state index contributed by atoms with van der Waals surface area (Å²) in [7, 11) is -3.75. The van der Waals surface area contributed by atoms with Crippen LogP contribution in [0.15, 0.2) is 47.4 Å². The van der Waals surface area contributed by atoms with E-state index in [1.54, 1.807) is 6.07 Å². The Balaban J connectivity index is 1.52. The van der Waals surface area contributed by atoms with Crippen molar-refractivity contribution in [3.8, 4) is 0 Å². The van der Waals surface area contributed by atoms with Gasteiger partial charge in [0, 0.05) is 23.2 Å². The molecule has 0 aromatic heterocycles. The highest BCUT2D eigenvalue weighted by atomic mass is 35.5. The fourth-order valence-corrected chi connectivity index (χ4v) is 3.96. The first-order valence-corrected chi connectivity index (χ1v) is 10.7. The molecule has 1 aliphatic rings. The number of sulfonamides is 1. The Morgan fingerprint density at radius 3 is 2.39 bits per heavy atom. The second-order valence-corrected chi connectivity index (χ2v) is 8.81. The first-order valence-electron chi connectivity index (χ1n) is 8.82. The summed E-state index contributed by atoms with van der Waals surface area (Å²) in [4.78, 5) is 14.7. The highest BCUT2D eigenvalue weighted by molar-refractivity contribution is 7.89. The van der Waals surface area contributed by atoms with E-state index in [0.717, 1.165) is 18.7 Å². The predicted molar refractivity (Wildman–Crippen MR) is 106 cm³/mol. The number of rotatable bonds is 5. The SMILES string of the molecule is NS(=O)(=O)c1ccc(NC(=O)C2CCN(Cc3ccc(F)cc3Cl)CC2)cc1. The molecule has 0 radical (unpaired) electrons. The number of halogens is 2. The molecule has 1 amide bonds. The van der Waals surface area contributed by atoms with Gasteiger partial charge in [0.2, 0.25) is 15.9 Å². The molecule has 28 heavy (non-hydrogen) atoms. The molecule has 0 saturated carbocycles. The smallest absolute Gasteiger partial charge is 0.238 e. The molecule has 0 spiro atoms. The Labute approximate surface area is 168 Å². The molecule has 3 rings (SSSR count). The number of likely N-dealkylation sites (tertiary alicyclic amines) is 1. The minimum atomic E-state index is -3.75. The molecule has 0 unspecified atom stereocenters. The fourth-order valence-electron chi connectivity index (χ4n) is 3.22. The highest BCUT2D eigenvalue weighted by Gasteiger charge is 2.25. The monoisotopic (exact) mass is 425 g/mol. The van der Waals surface area contributed by atoms with Crippen LogP contribution in [0.2, 0.25) is 5.02 Å². The third kappa shape index (κ3) is 5.29. The van der Waals surface area contributed by atoms with Crippen LogP contribution in [0.1, 0.15) is 18.4 Å². The standard InChI is InChI=1S/C19H21ClFN3O3S/c20-18-11-15(21)2-1-14(18)12-24-9-7-13(8-10-24)19(25)23-16-3-5-17(6-4-16)28(22,26)27/h1-6,11,13H,7-10,12H2,(H,23,25)(H2,22,26,27). The lowest BCUT2D eigenvalue weighted by molar-refractivity contribution is -0.121. The first-order chi connectivity index (χ1) is 13.2. The van der Waals surface area contributed by atoms with Crippen LogP contribution in [0.5, 0.6) is 0 Å². The van der Waals surface area contributed by atoms with Crippen molar-refractivity contribution in [2.24, 2.45) is 11.1 Å². The normalized spacial score (nSPS) is 16.1. The van der Waals surface area contributed by atoms with Gasteiger partial charge in [0.25, 0.3) is 0 Å². The molecule has 2 aromatic carbocycles. The number of nitrogens with two attached hydrogens (primary N) is 1. The molecule has 0 atom stereocenters. The van der Waals surface area contributed by atoms with Crippen molar-refractivity contribution < 1.29 is 17.6 Å². The van der Waals surface area contributed by atoms with E-state index in [2.05, 4.69) is 10.2 Å². The lowest BCUT2D eigenvalue weighted by Gasteiger charge is -2.31. The number of nitrogens with zero attached hydrogens (tertiary/aromatic N) is 1. The number of piperidine rings is 1. The summed E-state index contributed by atoms with van der Waals surface area (Å²) in [6.45, 7) is 2.08. The molecule has 9 heteroatoms. The van der Waals surface area contributed by atoms with E-state index in [1.165, 1.54) is 36.4 Å². The third-order valence-electron chi connectivity index (χ3n) is 4.82. The molecule has 1 fully saturated rings. The van der Waals surface area contributed by atoms with E-state index in [1.807, 2.05) is 0 Å². The van der Waals surface area contributed by atoms with Gasteiger partial charge in [0.15, 0.2) is 0 Å². The summed E-state index contributed by atoms with van der Waals surface area (Å²) in [5, 5.41) is 8.28. The van der Waals surface area contributed by atoms with Gasteiger partial charge < -0.3 is 5.32 Å². The second kappa shape index (κ2) is 8.57. The van der Waals surface area contributed by atoms with Crippen LogP contribution in [0, 0.1) is 11.7 Å². The van der Waals surface area contributed by atoms with Crippen LogP contribution in [0.3, 0.4) is 0 Å². The van der Waals surface area contributed by atoms with Crippen LogP contribution < -0.4 is 10.5 Å². The second-order valence-electron chi connectivity index (χ2n) is 6.84. The van der Waals surface area contributed by atoms with Crippen molar-refractivity contribution in [1.82, 2.24) is 4.90 Å². The number of anilines is 1. The van der Waals surface area contributed by atoms with Gasteiger partial charge in [-0.25, -0.2) is 17.9 Å². The molecule has 0 bridgehead atoms. The zero-order chi connectivity index (χ0) is 20.3. The van der Waals surface area contributed by atoms with Crippen LogP contribution in [0.25, 0.3) is 0 Å². The van der Waals surface area contributed by atoms with Gasteiger partial charge in [-0.05, 0) is 67.9 Å². The van der Waals surface area contributed by atoms with Crippen molar-refractivity contribution in [3.05, 3.63) is 58.9 Å². The number of benzene rings is 2. The number of amides is 1. The number of hydrogen-bond acceptors (Lipinski definition) is 4. The molecular formula is C19H21ClFN3O3S. The van der Waals surface area contributed by atoms with Crippen molar-refractivity contribution in [1.29, 1.82) is 0 Å². The molecule has 150 valence electrons. The molecule has 3 N–H and O–H groups in total. The molecule has 1 saturated heterocycles. The van der Waals surface area contributed by atoms with Gasteiger partial charge in [-0.1, -0.05) is 17.7 Å². The molecule has 1 heterocycles. The zero-order valence-corrected chi connectivity index (χ0v) is 16.6. The average Bonchev–Trinajstić information content (AvgIpc) is 2.64. The Kier molecular flexibility index (Phi) is 6.34. The summed E-state index contributed by atoms with van der Waals surface area (Å²) < 4.78 is 35.7. The largest absolute Gasteiger partial charge is 0.326 e. The number of carbonyl (C=O) groups is 1. The minimum absolute atomic E-state index is 0.00161. The van der Waals surface area contributed by atoms with E-state index in [-0.39, 0.29) is 22.5 Å². The topological polar surface area (TPSA) is 92.5 Å². The maximum Gasteiger partial charge on any atom is 0.238 e. The van der Waals surface area contributed by atoms with Gasteiger partial charge in [-0.2, -0.15) is 0 Å². The molecular weight excluding hydrogens is 405 g/mol. The quantitative estimate of drug-likeness (QED) is 0.770. The Bertz CT molecular complexity index is 959. The van der Waals surface area contributed by atoms with Gasteiger partial charge in [0.05, 0.1) is 4.90 Å². The van der Waals surface area contributed by atoms with Crippen molar-refractivity contribution in [2.45, 2.75) is 24.3 Å². The number of nitrogens with one attached hydrogen (secondary N) is 1. The molecule has 1 aliphatic heterocycles. The average molecular weight is 426 g/mol. The molecule has 0 aliphatic carbocycles. The molecule has 6 nitrogen and oxygen atoms in total. The van der Waals surface area contributed by atoms with Gasteiger partial charge in [-0.3, -0.25) is 9.69 Å². The number of hydrogen-bond donors (Lipinski definition) is 2. The number of carbonyl (C=O) groups excluding carboxylic acids is 1. The fraction of sp³-hybridized carbons (Fsp3) is 0.316. The summed E-state index contributed by atoms with van der Waals surface area (Å²) in [6, 6.07) is 10.1. The summed E-state index contributed by atoms with van der Waals surface area (Å²) >= 11 is 6.08. The Hall–Kier alpha value is -2.00. The minimum Gasteiger partial charge on any atom is -0.326 e. The zero-order valence-electron chi connectivity index (χ0n) is 15.1. The Morgan fingerprint density at radius 2 is 1.82 bits per heavy atom. The Morgan fingerprint density at radius 1 is 1.18 bits per heavy atom. The van der Waals surface area contributed by atoms with Gasteiger partial charge in [0.1, 0.15) is 5.82 Å². The van der Waals surface area contributed by atoms with E-state index in [4.69, 9.17) is 16.7 Å². The predicted octanol–water partition coefficient (Wildman–Crippen LogP) is 2.98. The van der Waals surface area contributed by atoms with Crippen molar-refractivity contribution in [3.63, 3.8) is 0 Å². The van der Waals surface area contributed by atoms with Crippen molar-refractivity contribution >= 4 is 33.2 Å². The third-order valence-corrected chi connectivity index (χ3v) is 6.10. The van der Waals surface area contributed by atoms with Crippen LogP contribution in [-0.2, 0) is 21.4 Å². The van der Waals surface area contributed by atoms with Crippen LogP contribution in [0.4, 0.5) is 10.1 Å². The summed E-state index contributed by atoms with van der Waals surface area (Å²) in [6.07, 6.45) is 1.39. The van der Waals surface area contributed by atoms with E-state index < -0.39 is 10.0 Å². The van der Waals surface area contributed by atoms with Crippen LogP contribution >= 0.6 is 11.6 Å². The maximum atomic E-state index is 13.1. The van der Waals surface area contributed by atoms with Gasteiger partial charge in [-0.15, -0.1) is 0 Å². The molecule has 2 aromatic rings.